The number of esters is 2. The number of carbonyl (C=O) groups excluding carboxylic acids is 2. The Morgan fingerprint density at radius 1 is 1.16 bits per heavy atom. The highest BCUT2D eigenvalue weighted by Gasteiger charge is 2.22. The summed E-state index contributed by atoms with van der Waals surface area (Å²) >= 11 is 3.36. The van der Waals surface area contributed by atoms with Crippen LogP contribution in [0.4, 0.5) is 0 Å². The zero-order chi connectivity index (χ0) is 18.0. The molecule has 25 heavy (non-hydrogen) atoms. The van der Waals surface area contributed by atoms with Crippen molar-refractivity contribution in [3.8, 4) is 5.75 Å². The van der Waals surface area contributed by atoms with Crippen LogP contribution in [0.15, 0.2) is 58.6 Å². The molecule has 0 N–H and O–H groups in total. The van der Waals surface area contributed by atoms with Crippen molar-refractivity contribution in [3.63, 3.8) is 0 Å². The van der Waals surface area contributed by atoms with E-state index in [9.17, 15) is 9.59 Å². The summed E-state index contributed by atoms with van der Waals surface area (Å²) in [5.74, 6) is 0.180. The molecule has 4 nitrogen and oxygen atoms in total. The van der Waals surface area contributed by atoms with E-state index >= 15 is 0 Å². The Balaban J connectivity index is 1.88. The van der Waals surface area contributed by atoms with Crippen LogP contribution in [0.25, 0.3) is 11.8 Å². The summed E-state index contributed by atoms with van der Waals surface area (Å²) in [5.41, 5.74) is 3.25. The van der Waals surface area contributed by atoms with E-state index < -0.39 is 11.9 Å². The van der Waals surface area contributed by atoms with Gasteiger partial charge in [-0.1, -0.05) is 35.9 Å². The summed E-state index contributed by atoms with van der Waals surface area (Å²) in [7, 11) is 0. The number of halogens is 1. The second kappa shape index (κ2) is 7.07. The van der Waals surface area contributed by atoms with Crippen molar-refractivity contribution in [2.24, 2.45) is 0 Å². The minimum atomic E-state index is -0.393. The molecule has 0 amide bonds. The Morgan fingerprint density at radius 3 is 2.52 bits per heavy atom. The fourth-order valence-corrected chi connectivity index (χ4v) is 2.85. The van der Waals surface area contributed by atoms with Crippen molar-refractivity contribution in [1.29, 1.82) is 0 Å². The third-order valence-corrected chi connectivity index (χ3v) is 4.21. The lowest BCUT2D eigenvalue weighted by Gasteiger charge is -2.04. The first kappa shape index (κ1) is 17.2. The van der Waals surface area contributed by atoms with E-state index in [1.54, 1.807) is 30.4 Å². The first-order chi connectivity index (χ1) is 11.9. The minimum Gasteiger partial charge on any atom is -0.426 e. The number of rotatable bonds is 3. The number of carbonyl (C=O) groups is 2. The third-order valence-electron chi connectivity index (χ3n) is 3.59. The molecule has 0 aliphatic carbocycles. The summed E-state index contributed by atoms with van der Waals surface area (Å²) in [4.78, 5) is 23.1. The average molecular weight is 399 g/mol. The predicted octanol–water partition coefficient (Wildman–Crippen LogP) is 4.66. The van der Waals surface area contributed by atoms with Gasteiger partial charge in [-0.2, -0.15) is 0 Å². The van der Waals surface area contributed by atoms with Gasteiger partial charge in [0.05, 0.1) is 10.0 Å². The molecule has 0 spiro atoms. The zero-order valence-corrected chi connectivity index (χ0v) is 15.3. The van der Waals surface area contributed by atoms with E-state index in [0.29, 0.717) is 21.6 Å². The summed E-state index contributed by atoms with van der Waals surface area (Å²) in [6, 6.07) is 13.0. The van der Waals surface area contributed by atoms with E-state index in [1.165, 1.54) is 6.92 Å². The number of hydrogen-bond donors (Lipinski definition) is 0. The maximum absolute atomic E-state index is 12.1. The van der Waals surface area contributed by atoms with Gasteiger partial charge in [-0.15, -0.1) is 0 Å². The van der Waals surface area contributed by atoms with Crippen LogP contribution >= 0.6 is 15.9 Å². The first-order valence-corrected chi connectivity index (χ1v) is 8.42. The molecule has 2 aromatic carbocycles. The van der Waals surface area contributed by atoms with Crippen molar-refractivity contribution in [1.82, 2.24) is 0 Å². The highest BCUT2D eigenvalue weighted by atomic mass is 79.9. The first-order valence-electron chi connectivity index (χ1n) is 7.63. The lowest BCUT2D eigenvalue weighted by atomic mass is 10.1. The Bertz CT molecular complexity index is 908. The van der Waals surface area contributed by atoms with Gasteiger partial charge in [0, 0.05) is 12.5 Å². The van der Waals surface area contributed by atoms with E-state index in [-0.39, 0.29) is 0 Å². The van der Waals surface area contributed by atoms with E-state index in [4.69, 9.17) is 9.47 Å². The van der Waals surface area contributed by atoms with Crippen molar-refractivity contribution >= 4 is 39.7 Å². The highest BCUT2D eigenvalue weighted by Crippen LogP contribution is 2.30. The maximum atomic E-state index is 12.1. The molecule has 0 atom stereocenters. The van der Waals surface area contributed by atoms with Crippen molar-refractivity contribution in [2.45, 2.75) is 13.8 Å². The smallest absolute Gasteiger partial charge is 0.343 e. The van der Waals surface area contributed by atoms with Crippen LogP contribution in [-0.2, 0) is 14.3 Å². The van der Waals surface area contributed by atoms with Gasteiger partial charge in [0.25, 0.3) is 0 Å². The third kappa shape index (κ3) is 4.06. The quantitative estimate of drug-likeness (QED) is 0.428. The average Bonchev–Trinajstić information content (AvgIpc) is 2.91. The number of cyclic esters (lactones) is 1. The predicted molar refractivity (Wildman–Crippen MR) is 98.7 cm³/mol. The molecule has 0 aromatic heterocycles. The highest BCUT2D eigenvalue weighted by molar-refractivity contribution is 9.10. The summed E-state index contributed by atoms with van der Waals surface area (Å²) in [5, 5.41) is 0. The Morgan fingerprint density at radius 2 is 1.88 bits per heavy atom. The number of ether oxygens (including phenoxy) is 2. The van der Waals surface area contributed by atoms with Gasteiger partial charge in [-0.25, -0.2) is 4.79 Å². The van der Waals surface area contributed by atoms with Crippen LogP contribution in [0.1, 0.15) is 23.6 Å². The van der Waals surface area contributed by atoms with Gasteiger partial charge >= 0.3 is 11.9 Å². The van der Waals surface area contributed by atoms with Gasteiger partial charge in [0.15, 0.2) is 0 Å². The van der Waals surface area contributed by atoms with E-state index in [1.807, 2.05) is 31.2 Å². The molecule has 1 aliphatic heterocycles. The molecule has 126 valence electrons. The second-order valence-corrected chi connectivity index (χ2v) is 6.50. The molecule has 0 bridgehead atoms. The zero-order valence-electron chi connectivity index (χ0n) is 13.7. The molecular formula is C20H15BrO4. The molecular weight excluding hydrogens is 384 g/mol. The Kier molecular flexibility index (Phi) is 4.86. The fraction of sp³-hybridized carbons (Fsp3) is 0.100. The van der Waals surface area contributed by atoms with Crippen molar-refractivity contribution in [3.05, 3.63) is 75.3 Å². The van der Waals surface area contributed by atoms with Gasteiger partial charge in [-0.05, 0) is 52.7 Å². The van der Waals surface area contributed by atoms with Crippen LogP contribution in [0.5, 0.6) is 5.75 Å². The fourth-order valence-electron chi connectivity index (χ4n) is 2.37. The summed E-state index contributed by atoms with van der Waals surface area (Å²) in [6.07, 6.45) is 3.45. The molecule has 0 saturated heterocycles. The minimum absolute atomic E-state index is 0.392. The summed E-state index contributed by atoms with van der Waals surface area (Å²) in [6.45, 7) is 3.34. The number of hydrogen-bond acceptors (Lipinski definition) is 4. The lowest BCUT2D eigenvalue weighted by Crippen LogP contribution is -2.02. The molecule has 5 heteroatoms. The molecule has 1 heterocycles. The molecule has 3 rings (SSSR count). The second-order valence-electron chi connectivity index (χ2n) is 5.65. The SMILES string of the molecule is CC(=O)Oc1ccc(/C=C2/C=C(c3ccc(C)cc3)OC2=O)cc1Br. The van der Waals surface area contributed by atoms with Crippen LogP contribution in [0.2, 0.25) is 0 Å². The van der Waals surface area contributed by atoms with Crippen LogP contribution < -0.4 is 4.74 Å². The topological polar surface area (TPSA) is 52.6 Å². The van der Waals surface area contributed by atoms with Gasteiger partial charge < -0.3 is 9.47 Å². The largest absolute Gasteiger partial charge is 0.426 e. The van der Waals surface area contributed by atoms with Crippen LogP contribution in [0.3, 0.4) is 0 Å². The normalized spacial score (nSPS) is 15.1. The molecule has 0 radical (unpaired) electrons. The Hall–Kier alpha value is -2.66. The van der Waals surface area contributed by atoms with Crippen molar-refractivity contribution < 1.29 is 19.1 Å². The number of aryl methyl sites for hydroxylation is 1. The molecule has 0 fully saturated rings. The van der Waals surface area contributed by atoms with Gasteiger partial charge in [0.1, 0.15) is 11.5 Å². The monoisotopic (exact) mass is 398 g/mol. The van der Waals surface area contributed by atoms with Crippen LogP contribution in [0, 0.1) is 6.92 Å². The molecule has 0 saturated carbocycles. The molecule has 1 aliphatic rings. The van der Waals surface area contributed by atoms with E-state index in [2.05, 4.69) is 15.9 Å². The summed E-state index contributed by atoms with van der Waals surface area (Å²) < 4.78 is 11.0. The molecule has 2 aromatic rings. The van der Waals surface area contributed by atoms with Crippen molar-refractivity contribution in [2.75, 3.05) is 0 Å². The molecule has 0 unspecified atom stereocenters. The van der Waals surface area contributed by atoms with Crippen LogP contribution in [-0.4, -0.2) is 11.9 Å². The van der Waals surface area contributed by atoms with Gasteiger partial charge in [0.2, 0.25) is 0 Å². The maximum Gasteiger partial charge on any atom is 0.343 e. The number of benzene rings is 2. The Labute approximate surface area is 153 Å². The van der Waals surface area contributed by atoms with Gasteiger partial charge in [-0.3, -0.25) is 4.79 Å². The van der Waals surface area contributed by atoms with E-state index in [0.717, 1.165) is 16.7 Å². The standard InChI is InChI=1S/C20H15BrO4/c1-12-3-6-15(7-4-12)19-11-16(20(23)25-19)9-14-5-8-18(17(21)10-14)24-13(2)22/h3-11H,1-2H3/b16-9-. The lowest BCUT2D eigenvalue weighted by molar-refractivity contribution is -0.132.